The molecule has 1 aliphatic heterocycles. The Morgan fingerprint density at radius 1 is 1.44 bits per heavy atom. The Bertz CT molecular complexity index is 373. The molecule has 1 saturated heterocycles. The maximum absolute atomic E-state index is 13.5. The van der Waals surface area contributed by atoms with Crippen molar-refractivity contribution >= 4 is 29.8 Å². The van der Waals surface area contributed by atoms with Crippen LogP contribution in [0.3, 0.4) is 0 Å². The minimum Gasteiger partial charge on any atom is -0.505 e. The zero-order chi connectivity index (χ0) is 10.8. The van der Waals surface area contributed by atoms with E-state index < -0.39 is 5.82 Å². The van der Waals surface area contributed by atoms with Crippen LogP contribution in [-0.4, -0.2) is 36.4 Å². The van der Waals surface area contributed by atoms with E-state index in [9.17, 15) is 4.39 Å². The number of pyridine rings is 1. The molecule has 0 aromatic carbocycles. The number of nitrogens with zero attached hydrogens (tertiary/aromatic N) is 2. The van der Waals surface area contributed by atoms with Gasteiger partial charge >= 0.3 is 0 Å². The number of aromatic hydroxyl groups is 1. The zero-order valence-electron chi connectivity index (χ0n) is 8.32. The van der Waals surface area contributed by atoms with Crippen molar-refractivity contribution in [2.45, 2.75) is 0 Å². The van der Waals surface area contributed by atoms with E-state index in [1.54, 1.807) is 4.90 Å². The van der Waals surface area contributed by atoms with Crippen LogP contribution < -0.4 is 4.90 Å². The Labute approximate surface area is 103 Å². The minimum atomic E-state index is -0.571. The average Bonchev–Trinajstić information content (AvgIpc) is 2.25. The van der Waals surface area contributed by atoms with Gasteiger partial charge in [-0.1, -0.05) is 11.6 Å². The number of aromatic nitrogens is 1. The normalized spacial score (nSPS) is 15.8. The molecule has 0 radical (unpaired) electrons. The Kier molecular flexibility index (Phi) is 4.58. The summed E-state index contributed by atoms with van der Waals surface area (Å²) in [6.45, 7) is 2.23. The molecule has 0 atom stereocenters. The summed E-state index contributed by atoms with van der Waals surface area (Å²) in [6, 6.07) is 0.972. The molecule has 1 aromatic heterocycles. The number of rotatable bonds is 1. The number of halogens is 3. The number of hydrogen-bond donors (Lipinski definition) is 1. The first-order valence-electron chi connectivity index (χ1n) is 4.56. The highest BCUT2D eigenvalue weighted by Crippen LogP contribution is 2.27. The Morgan fingerprint density at radius 2 is 2.06 bits per heavy atom. The molecule has 1 aliphatic rings. The van der Waals surface area contributed by atoms with E-state index in [2.05, 4.69) is 4.98 Å². The summed E-state index contributed by atoms with van der Waals surface area (Å²) in [7, 11) is 0. The minimum absolute atomic E-state index is 0. The van der Waals surface area contributed by atoms with Crippen molar-refractivity contribution < 1.29 is 14.2 Å². The highest BCUT2D eigenvalue weighted by molar-refractivity contribution is 6.30. The van der Waals surface area contributed by atoms with Crippen molar-refractivity contribution in [1.29, 1.82) is 0 Å². The number of ether oxygens (including phenoxy) is 1. The second-order valence-electron chi connectivity index (χ2n) is 3.20. The van der Waals surface area contributed by atoms with Crippen LogP contribution in [0.4, 0.5) is 10.2 Å². The topological polar surface area (TPSA) is 45.6 Å². The van der Waals surface area contributed by atoms with Crippen molar-refractivity contribution in [3.63, 3.8) is 0 Å². The molecular weight excluding hydrogens is 258 g/mol. The van der Waals surface area contributed by atoms with Crippen LogP contribution >= 0.6 is 24.0 Å². The summed E-state index contributed by atoms with van der Waals surface area (Å²) in [5, 5.41) is 9.06. The maximum Gasteiger partial charge on any atom is 0.173 e. The lowest BCUT2D eigenvalue weighted by Gasteiger charge is -2.28. The van der Waals surface area contributed by atoms with Gasteiger partial charge in [-0.05, 0) is 0 Å². The number of morpholine rings is 1. The fourth-order valence-corrected chi connectivity index (χ4v) is 1.58. The summed E-state index contributed by atoms with van der Waals surface area (Å²) in [5.41, 5.74) is 0. The van der Waals surface area contributed by atoms with Crippen molar-refractivity contribution in [3.8, 4) is 5.75 Å². The van der Waals surface area contributed by atoms with Gasteiger partial charge in [0.25, 0.3) is 0 Å². The second kappa shape index (κ2) is 5.52. The van der Waals surface area contributed by atoms with Crippen LogP contribution in [0.5, 0.6) is 5.75 Å². The molecule has 1 aromatic rings. The van der Waals surface area contributed by atoms with Gasteiger partial charge in [0.1, 0.15) is 0 Å². The fraction of sp³-hybridized carbons (Fsp3) is 0.444. The summed E-state index contributed by atoms with van der Waals surface area (Å²) in [4.78, 5) is 5.55. The van der Waals surface area contributed by atoms with Crippen molar-refractivity contribution in [2.75, 3.05) is 31.2 Å². The molecule has 0 saturated carbocycles. The van der Waals surface area contributed by atoms with Crippen LogP contribution in [-0.2, 0) is 4.74 Å². The van der Waals surface area contributed by atoms with Crippen molar-refractivity contribution in [2.24, 2.45) is 0 Å². The molecule has 1 N–H and O–H groups in total. The third kappa shape index (κ3) is 2.66. The molecule has 0 amide bonds. The maximum atomic E-state index is 13.5. The first kappa shape index (κ1) is 13.3. The van der Waals surface area contributed by atoms with E-state index in [1.165, 1.54) is 0 Å². The zero-order valence-corrected chi connectivity index (χ0v) is 9.89. The molecule has 90 valence electrons. The molecule has 16 heavy (non-hydrogen) atoms. The van der Waals surface area contributed by atoms with Crippen molar-refractivity contribution in [3.05, 3.63) is 17.0 Å². The van der Waals surface area contributed by atoms with Gasteiger partial charge in [0.2, 0.25) is 0 Å². The third-order valence-corrected chi connectivity index (χ3v) is 2.48. The summed E-state index contributed by atoms with van der Waals surface area (Å²) < 4.78 is 18.6. The van der Waals surface area contributed by atoms with Gasteiger partial charge in [0, 0.05) is 19.2 Å². The molecule has 0 spiro atoms. The van der Waals surface area contributed by atoms with Gasteiger partial charge < -0.3 is 14.7 Å². The molecule has 0 aliphatic carbocycles. The second-order valence-corrected chi connectivity index (χ2v) is 3.56. The summed E-state index contributed by atoms with van der Waals surface area (Å²) >= 11 is 5.62. The van der Waals surface area contributed by atoms with Gasteiger partial charge in [-0.2, -0.15) is 0 Å². The molecule has 0 bridgehead atoms. The Morgan fingerprint density at radius 3 is 2.69 bits per heavy atom. The lowest BCUT2D eigenvalue weighted by atomic mass is 10.3. The van der Waals surface area contributed by atoms with Gasteiger partial charge in [0.05, 0.1) is 13.2 Å². The predicted octanol–water partition coefficient (Wildman–Crippen LogP) is 1.84. The lowest BCUT2D eigenvalue weighted by molar-refractivity contribution is 0.122. The number of hydrogen-bond acceptors (Lipinski definition) is 4. The van der Waals surface area contributed by atoms with E-state index in [0.29, 0.717) is 26.3 Å². The first-order chi connectivity index (χ1) is 7.18. The van der Waals surface area contributed by atoms with Gasteiger partial charge in [-0.25, -0.2) is 9.37 Å². The SMILES string of the molecule is Cl.Oc1cc(F)c(N2CCOCC2)nc1Cl. The van der Waals surface area contributed by atoms with Crippen LogP contribution in [0.25, 0.3) is 0 Å². The molecule has 2 heterocycles. The van der Waals surface area contributed by atoms with Gasteiger partial charge in [-0.3, -0.25) is 0 Å². The van der Waals surface area contributed by atoms with Gasteiger partial charge in [-0.15, -0.1) is 12.4 Å². The van der Waals surface area contributed by atoms with E-state index in [-0.39, 0.29) is 29.1 Å². The van der Waals surface area contributed by atoms with Crippen LogP contribution in [0.2, 0.25) is 5.15 Å². The first-order valence-corrected chi connectivity index (χ1v) is 4.94. The lowest BCUT2D eigenvalue weighted by Crippen LogP contribution is -2.37. The van der Waals surface area contributed by atoms with Gasteiger partial charge in [0.15, 0.2) is 22.5 Å². The standard InChI is InChI=1S/C9H10ClFN2O2.ClH/c10-8-7(14)5-6(11)9(12-8)13-1-3-15-4-2-13;/h5,14H,1-4H2;1H. The van der Waals surface area contributed by atoms with Crippen LogP contribution in [0, 0.1) is 5.82 Å². The molecule has 4 nitrogen and oxygen atoms in total. The van der Waals surface area contributed by atoms with E-state index in [4.69, 9.17) is 21.4 Å². The van der Waals surface area contributed by atoms with E-state index in [1.807, 2.05) is 0 Å². The van der Waals surface area contributed by atoms with Crippen LogP contribution in [0.1, 0.15) is 0 Å². The Hall–Kier alpha value is -0.780. The predicted molar refractivity (Wildman–Crippen MR) is 61.1 cm³/mol. The third-order valence-electron chi connectivity index (χ3n) is 2.20. The molecule has 2 rings (SSSR count). The summed E-state index contributed by atoms with van der Waals surface area (Å²) in [6.07, 6.45) is 0. The highest BCUT2D eigenvalue weighted by Gasteiger charge is 2.18. The molecule has 7 heteroatoms. The summed E-state index contributed by atoms with van der Waals surface area (Å²) in [5.74, 6) is -0.744. The smallest absolute Gasteiger partial charge is 0.173 e. The quantitative estimate of drug-likeness (QED) is 0.790. The average molecular weight is 269 g/mol. The fourth-order valence-electron chi connectivity index (χ4n) is 1.44. The molecule has 1 fully saturated rings. The highest BCUT2D eigenvalue weighted by atomic mass is 35.5. The van der Waals surface area contributed by atoms with Crippen molar-refractivity contribution in [1.82, 2.24) is 4.98 Å². The van der Waals surface area contributed by atoms with E-state index >= 15 is 0 Å². The molecule has 0 unspecified atom stereocenters. The van der Waals surface area contributed by atoms with E-state index in [0.717, 1.165) is 6.07 Å². The Balaban J connectivity index is 0.00000128. The monoisotopic (exact) mass is 268 g/mol. The largest absolute Gasteiger partial charge is 0.505 e. The van der Waals surface area contributed by atoms with Crippen LogP contribution in [0.15, 0.2) is 6.07 Å². The number of anilines is 1. The molecular formula is C9H11Cl2FN2O2.